The van der Waals surface area contributed by atoms with Crippen LogP contribution in [0.15, 0.2) is 212 Å². The van der Waals surface area contributed by atoms with Gasteiger partial charge in [0.05, 0.1) is 22.3 Å². The molecule has 59 heavy (non-hydrogen) atoms. The molecule has 2 aliphatic rings. The smallest absolute Gasteiger partial charge is 0.238 e. The molecule has 2 heterocycles. The van der Waals surface area contributed by atoms with Crippen LogP contribution in [0, 0.1) is 0 Å². The first-order chi connectivity index (χ1) is 29.3. The van der Waals surface area contributed by atoms with E-state index >= 15 is 0 Å². The predicted molar refractivity (Wildman–Crippen MR) is 239 cm³/mol. The lowest BCUT2D eigenvalue weighted by atomic mass is 9.70. The van der Waals surface area contributed by atoms with E-state index in [-0.39, 0.29) is 0 Å². The summed E-state index contributed by atoms with van der Waals surface area (Å²) in [5.74, 6) is 1.79. The molecule has 0 aliphatic heterocycles. The van der Waals surface area contributed by atoms with E-state index in [0.29, 0.717) is 17.6 Å². The highest BCUT2D eigenvalue weighted by atomic mass is 15.2. The standard InChI is InChI=1S/C54H35N5/c1-5-20-36(21-6-1)51-55-52(37-22-7-2-8-23-37)57-53(56-51)59-49-43(31-19-35-47(49)58(38-24-9-3-10-25-38)39-26-11-4-12-27-39)48-50(59)42-30-15-18-34-46(42)54(48)44-32-16-13-28-40(44)41-29-14-17-33-45(41)54/h1-35H. The van der Waals surface area contributed by atoms with E-state index in [0.717, 1.165) is 50.3 Å². The largest absolute Gasteiger partial charge is 0.308 e. The van der Waals surface area contributed by atoms with Crippen LogP contribution in [0.1, 0.15) is 22.3 Å². The second-order valence-corrected chi connectivity index (χ2v) is 15.1. The molecule has 0 N–H and O–H groups in total. The summed E-state index contributed by atoms with van der Waals surface area (Å²) in [6, 6.07) is 75.4. The summed E-state index contributed by atoms with van der Waals surface area (Å²) in [6.07, 6.45) is 0. The number of nitrogens with zero attached hydrogens (tertiary/aromatic N) is 5. The quantitative estimate of drug-likeness (QED) is 0.170. The Bertz CT molecular complexity index is 3070. The average Bonchev–Trinajstić information content (AvgIpc) is 3.93. The molecule has 12 rings (SSSR count). The maximum atomic E-state index is 5.44. The zero-order chi connectivity index (χ0) is 38.9. The van der Waals surface area contributed by atoms with Gasteiger partial charge in [-0.3, -0.25) is 4.57 Å². The third kappa shape index (κ3) is 4.82. The minimum Gasteiger partial charge on any atom is -0.308 e. The Morgan fingerprint density at radius 2 is 0.831 bits per heavy atom. The Hall–Kier alpha value is -7.89. The fraction of sp³-hybridized carbons (Fsp3) is 0.0185. The van der Waals surface area contributed by atoms with Crippen molar-refractivity contribution in [2.24, 2.45) is 0 Å². The Kier molecular flexibility index (Phi) is 7.38. The van der Waals surface area contributed by atoms with Gasteiger partial charge in [-0.25, -0.2) is 4.98 Å². The Morgan fingerprint density at radius 3 is 1.36 bits per heavy atom. The second kappa shape index (κ2) is 13.1. The van der Waals surface area contributed by atoms with Crippen molar-refractivity contribution in [3.63, 3.8) is 0 Å². The van der Waals surface area contributed by atoms with Gasteiger partial charge in [0.15, 0.2) is 11.6 Å². The van der Waals surface area contributed by atoms with E-state index in [1.54, 1.807) is 0 Å². The van der Waals surface area contributed by atoms with Crippen molar-refractivity contribution < 1.29 is 0 Å². The molecule has 8 aromatic carbocycles. The molecule has 0 unspecified atom stereocenters. The lowest BCUT2D eigenvalue weighted by Crippen LogP contribution is -2.25. The first kappa shape index (κ1) is 33.3. The molecule has 0 bridgehead atoms. The molecule has 2 aromatic heterocycles. The number of hydrogen-bond acceptors (Lipinski definition) is 4. The topological polar surface area (TPSA) is 46.8 Å². The van der Waals surface area contributed by atoms with Crippen molar-refractivity contribution in [2.75, 3.05) is 4.90 Å². The van der Waals surface area contributed by atoms with Gasteiger partial charge in [0.1, 0.15) is 0 Å². The number of rotatable bonds is 6. The minimum absolute atomic E-state index is 0.559. The zero-order valence-corrected chi connectivity index (χ0v) is 31.9. The molecule has 10 aromatic rings. The van der Waals surface area contributed by atoms with E-state index in [1.165, 1.54) is 33.4 Å². The van der Waals surface area contributed by atoms with Gasteiger partial charge >= 0.3 is 0 Å². The molecule has 0 radical (unpaired) electrons. The lowest BCUT2D eigenvalue weighted by molar-refractivity contribution is 0.800. The van der Waals surface area contributed by atoms with Gasteiger partial charge in [-0.2, -0.15) is 9.97 Å². The minimum atomic E-state index is -0.594. The van der Waals surface area contributed by atoms with Crippen molar-refractivity contribution in [2.45, 2.75) is 5.41 Å². The first-order valence-electron chi connectivity index (χ1n) is 20.1. The van der Waals surface area contributed by atoms with Crippen molar-refractivity contribution in [1.82, 2.24) is 19.5 Å². The molecule has 0 fully saturated rings. The number of anilines is 3. The van der Waals surface area contributed by atoms with Gasteiger partial charge in [0.25, 0.3) is 0 Å². The highest BCUT2D eigenvalue weighted by Crippen LogP contribution is 2.65. The number of aromatic nitrogens is 4. The average molecular weight is 754 g/mol. The van der Waals surface area contributed by atoms with E-state index in [1.807, 2.05) is 36.4 Å². The maximum Gasteiger partial charge on any atom is 0.238 e. The number of benzene rings is 8. The number of fused-ring (bicyclic) bond motifs is 12. The van der Waals surface area contributed by atoms with Gasteiger partial charge in [0.2, 0.25) is 5.95 Å². The molecule has 0 atom stereocenters. The van der Waals surface area contributed by atoms with Gasteiger partial charge in [-0.1, -0.05) is 182 Å². The summed E-state index contributed by atoms with van der Waals surface area (Å²) >= 11 is 0. The van der Waals surface area contributed by atoms with Gasteiger partial charge < -0.3 is 4.90 Å². The second-order valence-electron chi connectivity index (χ2n) is 15.1. The van der Waals surface area contributed by atoms with E-state index in [9.17, 15) is 0 Å². The summed E-state index contributed by atoms with van der Waals surface area (Å²) in [5.41, 5.74) is 15.2. The normalized spacial score (nSPS) is 12.9. The molecule has 276 valence electrons. The molecule has 1 spiro atoms. The summed E-state index contributed by atoms with van der Waals surface area (Å²) in [6.45, 7) is 0. The molecule has 0 saturated heterocycles. The van der Waals surface area contributed by atoms with Crippen LogP contribution >= 0.6 is 0 Å². The van der Waals surface area contributed by atoms with Crippen LogP contribution in [-0.2, 0) is 5.41 Å². The lowest BCUT2D eigenvalue weighted by Gasteiger charge is -2.31. The molecule has 5 nitrogen and oxygen atoms in total. The first-order valence-corrected chi connectivity index (χ1v) is 20.1. The van der Waals surface area contributed by atoms with Crippen molar-refractivity contribution in [1.29, 1.82) is 0 Å². The number of hydrogen-bond donors (Lipinski definition) is 0. The van der Waals surface area contributed by atoms with Gasteiger partial charge in [-0.05, 0) is 58.1 Å². The van der Waals surface area contributed by atoms with Gasteiger partial charge in [-0.15, -0.1) is 0 Å². The van der Waals surface area contributed by atoms with Crippen molar-refractivity contribution in [3.05, 3.63) is 235 Å². The highest BCUT2D eigenvalue weighted by molar-refractivity contribution is 6.09. The van der Waals surface area contributed by atoms with E-state index < -0.39 is 5.41 Å². The van der Waals surface area contributed by atoms with Crippen LogP contribution in [0.3, 0.4) is 0 Å². The van der Waals surface area contributed by atoms with Gasteiger partial charge in [0, 0.05) is 39.0 Å². The van der Waals surface area contributed by atoms with Crippen LogP contribution in [0.2, 0.25) is 0 Å². The Labute approximate surface area is 342 Å². The van der Waals surface area contributed by atoms with Crippen LogP contribution in [0.5, 0.6) is 0 Å². The Morgan fingerprint density at radius 1 is 0.390 bits per heavy atom. The van der Waals surface area contributed by atoms with E-state index in [2.05, 4.69) is 185 Å². The molecule has 5 heteroatoms. The summed E-state index contributed by atoms with van der Waals surface area (Å²) in [4.78, 5) is 18.4. The zero-order valence-electron chi connectivity index (χ0n) is 31.9. The van der Waals surface area contributed by atoms with Crippen LogP contribution in [0.25, 0.3) is 62.0 Å². The van der Waals surface area contributed by atoms with E-state index in [4.69, 9.17) is 15.0 Å². The fourth-order valence-corrected chi connectivity index (χ4v) is 9.76. The monoisotopic (exact) mass is 753 g/mol. The fourth-order valence-electron chi connectivity index (χ4n) is 9.76. The third-order valence-corrected chi connectivity index (χ3v) is 12.0. The number of para-hydroxylation sites is 3. The van der Waals surface area contributed by atoms with Crippen LogP contribution < -0.4 is 4.90 Å². The summed E-state index contributed by atoms with van der Waals surface area (Å²) < 4.78 is 2.34. The predicted octanol–water partition coefficient (Wildman–Crippen LogP) is 13.0. The highest BCUT2D eigenvalue weighted by Gasteiger charge is 2.54. The molecular formula is C54H35N5. The molecule has 2 aliphatic carbocycles. The van der Waals surface area contributed by atoms with Crippen molar-refractivity contribution in [3.8, 4) is 51.1 Å². The summed E-state index contributed by atoms with van der Waals surface area (Å²) in [5, 5.41) is 1.14. The Balaban J connectivity index is 1.28. The van der Waals surface area contributed by atoms with Crippen LogP contribution in [0.4, 0.5) is 17.1 Å². The van der Waals surface area contributed by atoms with Crippen molar-refractivity contribution >= 4 is 28.0 Å². The molecular weight excluding hydrogens is 719 g/mol. The third-order valence-electron chi connectivity index (χ3n) is 12.0. The maximum absolute atomic E-state index is 5.44. The molecule has 0 amide bonds. The molecule has 0 saturated carbocycles. The SMILES string of the molecule is c1ccc(-c2nc(-c3ccccc3)nc(-n3c4c(c5cccc(N(c6ccccc6)c6ccccc6)c53)C3(c5ccccc5-c5ccccc53)c3ccccc3-4)n2)cc1. The van der Waals surface area contributed by atoms with Crippen LogP contribution in [-0.4, -0.2) is 19.5 Å². The summed E-state index contributed by atoms with van der Waals surface area (Å²) in [7, 11) is 0.